The topological polar surface area (TPSA) is 55.1 Å². The Morgan fingerprint density at radius 1 is 1.20 bits per heavy atom. The van der Waals surface area contributed by atoms with E-state index in [2.05, 4.69) is 26.2 Å². The molecule has 0 saturated carbocycles. The van der Waals surface area contributed by atoms with E-state index in [0.29, 0.717) is 11.6 Å². The average Bonchev–Trinajstić information content (AvgIpc) is 3.04. The van der Waals surface area contributed by atoms with Crippen molar-refractivity contribution in [3.8, 4) is 11.3 Å². The van der Waals surface area contributed by atoms with Crippen LogP contribution in [-0.2, 0) is 11.2 Å². The largest absolute Gasteiger partial charge is 0.441 e. The first-order chi connectivity index (χ1) is 12.0. The molecular formula is C18H13BrF2N2O2. The van der Waals surface area contributed by atoms with Crippen molar-refractivity contribution < 1.29 is 18.0 Å². The van der Waals surface area contributed by atoms with Gasteiger partial charge in [0, 0.05) is 23.4 Å². The van der Waals surface area contributed by atoms with Gasteiger partial charge in [0.05, 0.1) is 17.4 Å². The number of carbonyl (C=O) groups excluding carboxylic acids is 1. The second-order valence-corrected chi connectivity index (χ2v) is 6.12. The maximum absolute atomic E-state index is 13.7. The summed E-state index contributed by atoms with van der Waals surface area (Å²) in [6.45, 7) is 0. The standard InChI is InChI=1S/C18H13BrF2N2O2/c19-13-3-1-2-4-15(13)23-17(24)7-8-18-22-10-16(25-18)12-6-5-11(20)9-14(12)21/h1-6,9-10H,7-8H2,(H,23,24). The lowest BCUT2D eigenvalue weighted by Gasteiger charge is -2.06. The smallest absolute Gasteiger partial charge is 0.224 e. The van der Waals surface area contributed by atoms with E-state index in [1.54, 1.807) is 6.07 Å². The van der Waals surface area contributed by atoms with Gasteiger partial charge in [-0.15, -0.1) is 0 Å². The van der Waals surface area contributed by atoms with Crippen molar-refractivity contribution in [3.05, 3.63) is 70.7 Å². The number of para-hydroxylation sites is 1. The zero-order valence-electron chi connectivity index (χ0n) is 12.9. The van der Waals surface area contributed by atoms with E-state index in [1.807, 2.05) is 18.2 Å². The molecular weight excluding hydrogens is 394 g/mol. The molecule has 0 spiro atoms. The molecule has 0 saturated heterocycles. The molecule has 0 unspecified atom stereocenters. The first kappa shape index (κ1) is 17.3. The van der Waals surface area contributed by atoms with Gasteiger partial charge in [0.15, 0.2) is 11.7 Å². The molecule has 0 fully saturated rings. The number of aromatic nitrogens is 1. The van der Waals surface area contributed by atoms with E-state index in [9.17, 15) is 13.6 Å². The molecule has 3 aromatic rings. The van der Waals surface area contributed by atoms with Crippen molar-refractivity contribution in [1.82, 2.24) is 4.98 Å². The van der Waals surface area contributed by atoms with E-state index >= 15 is 0 Å². The van der Waals surface area contributed by atoms with E-state index in [1.165, 1.54) is 12.3 Å². The van der Waals surface area contributed by atoms with Gasteiger partial charge in [-0.2, -0.15) is 0 Å². The summed E-state index contributed by atoms with van der Waals surface area (Å²) < 4.78 is 32.9. The summed E-state index contributed by atoms with van der Waals surface area (Å²) in [7, 11) is 0. The summed E-state index contributed by atoms with van der Waals surface area (Å²) in [5.74, 6) is -1.08. The molecule has 128 valence electrons. The highest BCUT2D eigenvalue weighted by Gasteiger charge is 2.13. The highest BCUT2D eigenvalue weighted by Crippen LogP contribution is 2.25. The monoisotopic (exact) mass is 406 g/mol. The first-order valence-corrected chi connectivity index (χ1v) is 8.27. The van der Waals surface area contributed by atoms with E-state index in [0.717, 1.165) is 16.6 Å². The number of amides is 1. The minimum absolute atomic E-state index is 0.123. The normalized spacial score (nSPS) is 10.7. The molecule has 25 heavy (non-hydrogen) atoms. The van der Waals surface area contributed by atoms with Gasteiger partial charge in [-0.05, 0) is 40.2 Å². The summed E-state index contributed by atoms with van der Waals surface area (Å²) >= 11 is 3.35. The van der Waals surface area contributed by atoms with Gasteiger partial charge in [0.25, 0.3) is 0 Å². The van der Waals surface area contributed by atoms with Gasteiger partial charge in [-0.25, -0.2) is 13.8 Å². The summed E-state index contributed by atoms with van der Waals surface area (Å²) in [6, 6.07) is 10.5. The number of carbonyl (C=O) groups is 1. The second-order valence-electron chi connectivity index (χ2n) is 5.27. The second kappa shape index (κ2) is 7.57. The Morgan fingerprint density at radius 3 is 2.76 bits per heavy atom. The van der Waals surface area contributed by atoms with E-state index in [4.69, 9.17) is 4.42 Å². The van der Waals surface area contributed by atoms with Crippen LogP contribution in [0.5, 0.6) is 0 Å². The molecule has 1 N–H and O–H groups in total. The van der Waals surface area contributed by atoms with Crippen LogP contribution < -0.4 is 5.32 Å². The molecule has 0 radical (unpaired) electrons. The lowest BCUT2D eigenvalue weighted by atomic mass is 10.2. The van der Waals surface area contributed by atoms with Crippen LogP contribution >= 0.6 is 15.9 Å². The molecule has 7 heteroatoms. The summed E-state index contributed by atoms with van der Waals surface area (Å²) in [5, 5.41) is 2.78. The fourth-order valence-electron chi connectivity index (χ4n) is 2.24. The number of halogens is 3. The van der Waals surface area contributed by atoms with Crippen LogP contribution in [0.2, 0.25) is 0 Å². The number of hydrogen-bond donors (Lipinski definition) is 1. The molecule has 4 nitrogen and oxygen atoms in total. The highest BCUT2D eigenvalue weighted by atomic mass is 79.9. The third-order valence-corrected chi connectivity index (χ3v) is 4.16. The zero-order chi connectivity index (χ0) is 17.8. The predicted octanol–water partition coefficient (Wildman–Crippen LogP) is 4.95. The Balaban J connectivity index is 1.62. The van der Waals surface area contributed by atoms with Crippen molar-refractivity contribution in [2.45, 2.75) is 12.8 Å². The van der Waals surface area contributed by atoms with Gasteiger partial charge in [0.1, 0.15) is 11.6 Å². The van der Waals surface area contributed by atoms with Crippen molar-refractivity contribution in [3.63, 3.8) is 0 Å². The maximum atomic E-state index is 13.7. The van der Waals surface area contributed by atoms with Crippen molar-refractivity contribution in [2.75, 3.05) is 5.32 Å². The van der Waals surface area contributed by atoms with Crippen LogP contribution in [0.1, 0.15) is 12.3 Å². The molecule has 3 rings (SSSR count). The summed E-state index contributed by atoms with van der Waals surface area (Å²) in [5.41, 5.74) is 0.798. The lowest BCUT2D eigenvalue weighted by Crippen LogP contribution is -2.12. The van der Waals surface area contributed by atoms with Crippen molar-refractivity contribution in [1.29, 1.82) is 0 Å². The Hall–Kier alpha value is -2.54. The number of rotatable bonds is 5. The Kier molecular flexibility index (Phi) is 5.23. The number of aryl methyl sites for hydroxylation is 1. The quantitative estimate of drug-likeness (QED) is 0.651. The van der Waals surface area contributed by atoms with Gasteiger partial charge >= 0.3 is 0 Å². The zero-order valence-corrected chi connectivity index (χ0v) is 14.5. The molecule has 0 aliphatic carbocycles. The molecule has 1 heterocycles. The minimum Gasteiger partial charge on any atom is -0.441 e. The fourth-order valence-corrected chi connectivity index (χ4v) is 2.62. The van der Waals surface area contributed by atoms with Gasteiger partial charge in [-0.3, -0.25) is 4.79 Å². The number of anilines is 1. The molecule has 0 aliphatic heterocycles. The minimum atomic E-state index is -0.727. The van der Waals surface area contributed by atoms with Crippen molar-refractivity contribution in [2.24, 2.45) is 0 Å². The van der Waals surface area contributed by atoms with E-state index < -0.39 is 11.6 Å². The van der Waals surface area contributed by atoms with Gasteiger partial charge < -0.3 is 9.73 Å². The predicted molar refractivity (Wildman–Crippen MR) is 92.9 cm³/mol. The molecule has 0 atom stereocenters. The lowest BCUT2D eigenvalue weighted by molar-refractivity contribution is -0.116. The maximum Gasteiger partial charge on any atom is 0.224 e. The summed E-state index contributed by atoms with van der Waals surface area (Å²) in [6.07, 6.45) is 1.78. The molecule has 1 aromatic heterocycles. The molecule has 0 aliphatic rings. The van der Waals surface area contributed by atoms with Crippen LogP contribution in [0.3, 0.4) is 0 Å². The third kappa shape index (κ3) is 4.30. The van der Waals surface area contributed by atoms with Crippen LogP contribution in [-0.4, -0.2) is 10.9 Å². The number of benzene rings is 2. The average molecular weight is 407 g/mol. The van der Waals surface area contributed by atoms with Crippen LogP contribution in [0.4, 0.5) is 14.5 Å². The number of hydrogen-bond acceptors (Lipinski definition) is 3. The molecule has 0 bridgehead atoms. The Morgan fingerprint density at radius 2 is 2.00 bits per heavy atom. The molecule has 1 amide bonds. The number of nitrogens with zero attached hydrogens (tertiary/aromatic N) is 1. The Bertz CT molecular complexity index is 912. The number of oxazole rings is 1. The van der Waals surface area contributed by atoms with Crippen LogP contribution in [0, 0.1) is 11.6 Å². The Labute approximate surface area is 151 Å². The van der Waals surface area contributed by atoms with Gasteiger partial charge in [-0.1, -0.05) is 12.1 Å². The molecule has 2 aromatic carbocycles. The van der Waals surface area contributed by atoms with Crippen LogP contribution in [0.25, 0.3) is 11.3 Å². The highest BCUT2D eigenvalue weighted by molar-refractivity contribution is 9.10. The third-order valence-electron chi connectivity index (χ3n) is 3.46. The van der Waals surface area contributed by atoms with Crippen molar-refractivity contribution >= 4 is 27.5 Å². The SMILES string of the molecule is O=C(CCc1ncc(-c2ccc(F)cc2F)o1)Nc1ccccc1Br. The fraction of sp³-hybridized carbons (Fsp3) is 0.111. The van der Waals surface area contributed by atoms with E-state index in [-0.39, 0.29) is 30.1 Å². The summed E-state index contributed by atoms with van der Waals surface area (Å²) in [4.78, 5) is 16.0. The van der Waals surface area contributed by atoms with Gasteiger partial charge in [0.2, 0.25) is 5.91 Å². The first-order valence-electron chi connectivity index (χ1n) is 7.47. The number of nitrogens with one attached hydrogen (secondary N) is 1. The van der Waals surface area contributed by atoms with Crippen LogP contribution in [0.15, 0.2) is 57.6 Å².